The zero-order chi connectivity index (χ0) is 20.1. The van der Waals surface area contributed by atoms with E-state index in [-0.39, 0.29) is 16.9 Å². The molecule has 0 aliphatic rings. The highest BCUT2D eigenvalue weighted by atomic mass is 32.2. The number of carbonyl (C=O) groups excluding carboxylic acids is 2. The molecule has 6 nitrogen and oxygen atoms in total. The van der Waals surface area contributed by atoms with E-state index in [0.717, 1.165) is 11.4 Å². The minimum atomic E-state index is -0.375. The minimum absolute atomic E-state index is 0.0416. The smallest absolute Gasteiger partial charge is 0.237 e. The second-order valence-electron chi connectivity index (χ2n) is 6.16. The van der Waals surface area contributed by atoms with Gasteiger partial charge < -0.3 is 10.1 Å². The Morgan fingerprint density at radius 2 is 1.93 bits per heavy atom. The van der Waals surface area contributed by atoms with E-state index in [2.05, 4.69) is 10.3 Å². The summed E-state index contributed by atoms with van der Waals surface area (Å²) in [6, 6.07) is 14.5. The summed E-state index contributed by atoms with van der Waals surface area (Å²) in [6.45, 7) is 3.32. The van der Waals surface area contributed by atoms with Crippen molar-refractivity contribution >= 4 is 29.1 Å². The van der Waals surface area contributed by atoms with Gasteiger partial charge in [0.1, 0.15) is 5.75 Å². The predicted molar refractivity (Wildman–Crippen MR) is 111 cm³/mol. The van der Waals surface area contributed by atoms with Crippen LogP contribution in [0.2, 0.25) is 0 Å². The number of Topliss-reactive ketones (excluding diaryl/α,β-unsaturated/α-hetero) is 1. The van der Waals surface area contributed by atoms with E-state index in [1.165, 1.54) is 18.7 Å². The Balaban J connectivity index is 1.70. The lowest BCUT2D eigenvalue weighted by atomic mass is 10.1. The molecule has 1 N–H and O–H groups in total. The van der Waals surface area contributed by atoms with Crippen molar-refractivity contribution in [3.05, 3.63) is 66.5 Å². The molecule has 0 radical (unpaired) electrons. The van der Waals surface area contributed by atoms with Gasteiger partial charge in [0, 0.05) is 29.3 Å². The van der Waals surface area contributed by atoms with Crippen LogP contribution >= 0.6 is 11.8 Å². The van der Waals surface area contributed by atoms with Gasteiger partial charge in [-0.25, -0.2) is 4.98 Å². The number of nitrogens with one attached hydrogen (secondary N) is 1. The number of amides is 1. The lowest BCUT2D eigenvalue weighted by molar-refractivity contribution is -0.115. The monoisotopic (exact) mass is 395 g/mol. The van der Waals surface area contributed by atoms with E-state index >= 15 is 0 Å². The largest absolute Gasteiger partial charge is 0.497 e. The zero-order valence-corrected chi connectivity index (χ0v) is 16.7. The molecule has 3 aromatic rings. The van der Waals surface area contributed by atoms with E-state index in [4.69, 9.17) is 4.74 Å². The molecular weight excluding hydrogens is 374 g/mol. The number of hydrogen-bond donors (Lipinski definition) is 1. The minimum Gasteiger partial charge on any atom is -0.497 e. The van der Waals surface area contributed by atoms with Crippen molar-refractivity contribution in [2.45, 2.75) is 24.3 Å². The number of imidazole rings is 1. The number of nitrogens with zero attached hydrogens (tertiary/aromatic N) is 2. The van der Waals surface area contributed by atoms with Gasteiger partial charge in [0.15, 0.2) is 10.9 Å². The van der Waals surface area contributed by atoms with Crippen LogP contribution < -0.4 is 10.1 Å². The van der Waals surface area contributed by atoms with E-state index < -0.39 is 0 Å². The summed E-state index contributed by atoms with van der Waals surface area (Å²) in [6.07, 6.45) is 3.55. The van der Waals surface area contributed by atoms with E-state index in [0.29, 0.717) is 16.4 Å². The average molecular weight is 395 g/mol. The van der Waals surface area contributed by atoms with E-state index in [1.54, 1.807) is 37.6 Å². The Morgan fingerprint density at radius 1 is 1.18 bits per heavy atom. The maximum atomic E-state index is 12.6. The maximum absolute atomic E-state index is 12.6. The number of ether oxygens (including phenoxy) is 1. The first-order valence-corrected chi connectivity index (χ1v) is 9.62. The van der Waals surface area contributed by atoms with Crippen LogP contribution in [-0.2, 0) is 4.79 Å². The third kappa shape index (κ3) is 4.61. The van der Waals surface area contributed by atoms with Crippen LogP contribution in [0.4, 0.5) is 5.69 Å². The molecule has 0 spiro atoms. The standard InChI is InChI=1S/C21H21N3O3S/c1-14(25)16-5-4-6-17(13-16)23-20(26)15(2)28-21-22-11-12-24(21)18-7-9-19(27-3)10-8-18/h4-13,15H,1-3H3,(H,23,26)/t15-/m0/s1. The number of ketones is 1. The molecule has 0 aliphatic heterocycles. The molecule has 0 saturated carbocycles. The molecule has 1 atom stereocenters. The molecule has 0 fully saturated rings. The summed E-state index contributed by atoms with van der Waals surface area (Å²) < 4.78 is 7.11. The van der Waals surface area contributed by atoms with E-state index in [9.17, 15) is 9.59 Å². The molecule has 0 aliphatic carbocycles. The molecule has 0 unspecified atom stereocenters. The fourth-order valence-corrected chi connectivity index (χ4v) is 3.47. The van der Waals surface area contributed by atoms with Crippen LogP contribution in [0, 0.1) is 0 Å². The second kappa shape index (κ2) is 8.75. The number of hydrogen-bond acceptors (Lipinski definition) is 5. The Labute approximate surface area is 167 Å². The first-order valence-electron chi connectivity index (χ1n) is 8.74. The first kappa shape index (κ1) is 19.7. The number of aromatic nitrogens is 2. The molecule has 3 rings (SSSR count). The highest BCUT2D eigenvalue weighted by molar-refractivity contribution is 8.00. The van der Waals surface area contributed by atoms with Crippen molar-refractivity contribution in [1.82, 2.24) is 9.55 Å². The van der Waals surface area contributed by atoms with Crippen LogP contribution in [0.5, 0.6) is 5.75 Å². The molecule has 28 heavy (non-hydrogen) atoms. The van der Waals surface area contributed by atoms with Crippen LogP contribution in [0.25, 0.3) is 5.69 Å². The zero-order valence-electron chi connectivity index (χ0n) is 15.9. The molecule has 1 amide bonds. The van der Waals surface area contributed by atoms with Crippen LogP contribution in [0.1, 0.15) is 24.2 Å². The topological polar surface area (TPSA) is 73.2 Å². The van der Waals surface area contributed by atoms with Crippen LogP contribution in [-0.4, -0.2) is 33.6 Å². The van der Waals surface area contributed by atoms with Gasteiger partial charge in [0.25, 0.3) is 0 Å². The number of thioether (sulfide) groups is 1. The summed E-state index contributed by atoms with van der Waals surface area (Å²) >= 11 is 1.36. The fraction of sp³-hybridized carbons (Fsp3) is 0.190. The van der Waals surface area contributed by atoms with Gasteiger partial charge in [-0.1, -0.05) is 23.9 Å². The second-order valence-corrected chi connectivity index (χ2v) is 7.47. The lowest BCUT2D eigenvalue weighted by Gasteiger charge is -2.14. The summed E-state index contributed by atoms with van der Waals surface area (Å²) in [5, 5.41) is 3.20. The lowest BCUT2D eigenvalue weighted by Crippen LogP contribution is -2.23. The molecular formula is C21H21N3O3S. The summed E-state index contributed by atoms with van der Waals surface area (Å²) in [5.41, 5.74) is 2.10. The molecule has 1 aromatic heterocycles. The van der Waals surface area contributed by atoms with Crippen molar-refractivity contribution in [2.75, 3.05) is 12.4 Å². The molecule has 1 heterocycles. The first-order chi connectivity index (χ1) is 13.5. The summed E-state index contributed by atoms with van der Waals surface area (Å²) in [7, 11) is 1.62. The van der Waals surface area contributed by atoms with Crippen molar-refractivity contribution in [1.29, 1.82) is 0 Å². The van der Waals surface area contributed by atoms with Crippen LogP contribution in [0.3, 0.4) is 0 Å². The number of rotatable bonds is 7. The van der Waals surface area contributed by atoms with E-state index in [1.807, 2.05) is 42.0 Å². The molecule has 0 bridgehead atoms. The highest BCUT2D eigenvalue weighted by Gasteiger charge is 2.18. The van der Waals surface area contributed by atoms with Crippen molar-refractivity contribution in [2.24, 2.45) is 0 Å². The third-order valence-electron chi connectivity index (χ3n) is 4.15. The quantitative estimate of drug-likeness (QED) is 0.479. The molecule has 2 aromatic carbocycles. The van der Waals surface area contributed by atoms with Gasteiger partial charge in [0.2, 0.25) is 5.91 Å². The Bertz CT molecular complexity index is 983. The van der Waals surface area contributed by atoms with Gasteiger partial charge in [-0.05, 0) is 50.2 Å². The maximum Gasteiger partial charge on any atom is 0.237 e. The SMILES string of the molecule is COc1ccc(-n2ccnc2S[C@@H](C)C(=O)Nc2cccc(C(C)=O)c2)cc1. The normalized spacial score (nSPS) is 11.7. The third-order valence-corrected chi connectivity index (χ3v) is 5.23. The Morgan fingerprint density at radius 3 is 2.61 bits per heavy atom. The van der Waals surface area contributed by atoms with Gasteiger partial charge in [-0.2, -0.15) is 0 Å². The Kier molecular flexibility index (Phi) is 6.16. The van der Waals surface area contributed by atoms with Crippen molar-refractivity contribution < 1.29 is 14.3 Å². The molecule has 7 heteroatoms. The number of benzene rings is 2. The molecule has 144 valence electrons. The van der Waals surface area contributed by atoms with Gasteiger partial charge in [-0.3, -0.25) is 14.2 Å². The highest BCUT2D eigenvalue weighted by Crippen LogP contribution is 2.26. The average Bonchev–Trinajstić information content (AvgIpc) is 3.16. The summed E-state index contributed by atoms with van der Waals surface area (Å²) in [4.78, 5) is 28.5. The van der Waals surface area contributed by atoms with Gasteiger partial charge in [0.05, 0.1) is 12.4 Å². The Hall–Kier alpha value is -3.06. The predicted octanol–water partition coefficient (Wildman–Crippen LogP) is 4.20. The van der Waals surface area contributed by atoms with Crippen molar-refractivity contribution in [3.63, 3.8) is 0 Å². The fourth-order valence-electron chi connectivity index (χ4n) is 2.59. The number of anilines is 1. The van der Waals surface area contributed by atoms with Crippen LogP contribution in [0.15, 0.2) is 66.1 Å². The van der Waals surface area contributed by atoms with Crippen molar-refractivity contribution in [3.8, 4) is 11.4 Å². The molecule has 0 saturated heterocycles. The van der Waals surface area contributed by atoms with Gasteiger partial charge >= 0.3 is 0 Å². The van der Waals surface area contributed by atoms with Gasteiger partial charge in [-0.15, -0.1) is 0 Å². The summed E-state index contributed by atoms with van der Waals surface area (Å²) in [5.74, 6) is 0.577. The number of methoxy groups -OCH3 is 1. The number of carbonyl (C=O) groups is 2.